The van der Waals surface area contributed by atoms with Crippen LogP contribution in [0.15, 0.2) is 28.3 Å². The van der Waals surface area contributed by atoms with Gasteiger partial charge < -0.3 is 9.47 Å². The molecular formula is C21H29N5O3S2. The molecule has 4 rings (SSSR count). The molecule has 0 aliphatic carbocycles. The summed E-state index contributed by atoms with van der Waals surface area (Å²) in [5.74, 6) is 1.41. The Balaban J connectivity index is 1.45. The van der Waals surface area contributed by atoms with Crippen molar-refractivity contribution in [3.05, 3.63) is 29.6 Å². The number of hydrogen-bond acceptors (Lipinski definition) is 6. The van der Waals surface area contributed by atoms with Gasteiger partial charge in [0, 0.05) is 38.3 Å². The molecule has 8 nitrogen and oxygen atoms in total. The molecule has 1 aromatic heterocycles. The summed E-state index contributed by atoms with van der Waals surface area (Å²) < 4.78 is 29.5. The molecular weight excluding hydrogens is 434 g/mol. The number of piperidine rings is 1. The lowest BCUT2D eigenvalue weighted by Crippen LogP contribution is -2.35. The van der Waals surface area contributed by atoms with Crippen molar-refractivity contribution in [1.29, 1.82) is 0 Å². The highest BCUT2D eigenvalue weighted by atomic mass is 32.2. The molecule has 0 bridgehead atoms. The number of hydrogen-bond donors (Lipinski definition) is 0. The second kappa shape index (κ2) is 8.91. The van der Waals surface area contributed by atoms with E-state index in [1.165, 1.54) is 11.8 Å². The van der Waals surface area contributed by atoms with Crippen molar-refractivity contribution >= 4 is 33.4 Å². The first kappa shape index (κ1) is 22.3. The molecule has 0 unspecified atom stereocenters. The van der Waals surface area contributed by atoms with Gasteiger partial charge in [0.05, 0.1) is 10.6 Å². The smallest absolute Gasteiger partial charge is 0.243 e. The van der Waals surface area contributed by atoms with Gasteiger partial charge in [0.15, 0.2) is 5.16 Å². The molecule has 0 atom stereocenters. The summed E-state index contributed by atoms with van der Waals surface area (Å²) in [6, 6.07) is 5.16. The molecule has 2 aliphatic rings. The lowest BCUT2D eigenvalue weighted by Gasteiger charge is -2.26. The summed E-state index contributed by atoms with van der Waals surface area (Å²) in [6.07, 6.45) is 3.57. The maximum atomic E-state index is 13.0. The molecule has 3 heterocycles. The fourth-order valence-corrected chi connectivity index (χ4v) is 6.57. The Hall–Kier alpha value is -1.91. The van der Waals surface area contributed by atoms with E-state index >= 15 is 0 Å². The van der Waals surface area contributed by atoms with Crippen LogP contribution in [0, 0.1) is 0 Å². The highest BCUT2D eigenvalue weighted by molar-refractivity contribution is 7.99. The topological polar surface area (TPSA) is 88.4 Å². The van der Waals surface area contributed by atoms with Gasteiger partial charge in [-0.05, 0) is 43.0 Å². The number of aromatic nitrogens is 3. The Kier molecular flexibility index (Phi) is 6.41. The molecule has 31 heavy (non-hydrogen) atoms. The van der Waals surface area contributed by atoms with E-state index in [0.29, 0.717) is 31.0 Å². The summed E-state index contributed by atoms with van der Waals surface area (Å²) in [5, 5.41) is 9.12. The van der Waals surface area contributed by atoms with Crippen molar-refractivity contribution in [1.82, 2.24) is 19.1 Å². The first-order chi connectivity index (χ1) is 14.8. The third-order valence-electron chi connectivity index (χ3n) is 5.91. The first-order valence-electron chi connectivity index (χ1n) is 10.7. The van der Waals surface area contributed by atoms with Crippen LogP contribution in [0.3, 0.4) is 0 Å². The van der Waals surface area contributed by atoms with Gasteiger partial charge >= 0.3 is 0 Å². The van der Waals surface area contributed by atoms with Crippen LogP contribution < -0.4 is 4.90 Å². The van der Waals surface area contributed by atoms with Gasteiger partial charge in [-0.15, -0.1) is 10.2 Å². The van der Waals surface area contributed by atoms with Crippen LogP contribution in [0.4, 0.5) is 5.69 Å². The second-order valence-corrected chi connectivity index (χ2v) is 11.3. The number of fused-ring (bicyclic) bond motifs is 1. The minimum Gasteiger partial charge on any atom is -0.311 e. The van der Waals surface area contributed by atoms with Crippen LogP contribution in [-0.4, -0.2) is 58.8 Å². The highest BCUT2D eigenvalue weighted by Gasteiger charge is 2.30. The average Bonchev–Trinajstić information content (AvgIpc) is 3.35. The van der Waals surface area contributed by atoms with Gasteiger partial charge in [-0.1, -0.05) is 32.0 Å². The maximum absolute atomic E-state index is 13.0. The fraction of sp³-hybridized carbons (Fsp3) is 0.571. The van der Waals surface area contributed by atoms with Gasteiger partial charge in [-0.3, -0.25) is 4.79 Å². The molecule has 1 saturated heterocycles. The molecule has 1 amide bonds. The van der Waals surface area contributed by atoms with E-state index in [-0.39, 0.29) is 17.6 Å². The number of carbonyl (C=O) groups excluding carboxylic acids is 1. The van der Waals surface area contributed by atoms with Crippen LogP contribution in [0.2, 0.25) is 0 Å². The number of carbonyl (C=O) groups is 1. The Labute approximate surface area is 188 Å². The van der Waals surface area contributed by atoms with E-state index in [2.05, 4.69) is 24.0 Å². The predicted molar refractivity (Wildman–Crippen MR) is 121 cm³/mol. The normalized spacial score (nSPS) is 17.4. The van der Waals surface area contributed by atoms with E-state index in [4.69, 9.17) is 0 Å². The number of sulfonamides is 1. The average molecular weight is 464 g/mol. The van der Waals surface area contributed by atoms with Crippen LogP contribution in [0.1, 0.15) is 50.4 Å². The van der Waals surface area contributed by atoms with E-state index in [1.54, 1.807) is 27.4 Å². The highest BCUT2D eigenvalue weighted by Crippen LogP contribution is 2.32. The van der Waals surface area contributed by atoms with E-state index in [0.717, 1.165) is 41.5 Å². The van der Waals surface area contributed by atoms with Crippen molar-refractivity contribution in [2.45, 2.75) is 55.5 Å². The summed E-state index contributed by atoms with van der Waals surface area (Å²) in [7, 11) is -1.56. The van der Waals surface area contributed by atoms with Crippen LogP contribution >= 0.6 is 11.8 Å². The standard InChI is InChI=1S/C21H29N5O3S2/c1-15(2)20-22-23-21(24(20)3)30-14-19(27)26-12-9-16-13-17(7-8-18(16)26)31(28,29)25-10-5-4-6-11-25/h7-8,13,15H,4-6,9-12,14H2,1-3H3. The molecule has 10 heteroatoms. The number of anilines is 1. The van der Waals surface area contributed by atoms with Gasteiger partial charge in [0.25, 0.3) is 0 Å². The van der Waals surface area contributed by atoms with E-state index in [1.807, 2.05) is 11.6 Å². The fourth-order valence-electron chi connectivity index (χ4n) is 4.21. The van der Waals surface area contributed by atoms with Gasteiger partial charge in [0.1, 0.15) is 5.82 Å². The predicted octanol–water partition coefficient (Wildman–Crippen LogP) is 2.79. The summed E-state index contributed by atoms with van der Waals surface area (Å²) in [6.45, 7) is 5.86. The maximum Gasteiger partial charge on any atom is 0.243 e. The SMILES string of the molecule is CC(C)c1nnc(SCC(=O)N2CCc3cc(S(=O)(=O)N4CCCCC4)ccc32)n1C. The molecule has 2 aromatic rings. The summed E-state index contributed by atoms with van der Waals surface area (Å²) in [4.78, 5) is 15.0. The van der Waals surface area contributed by atoms with Gasteiger partial charge in [-0.25, -0.2) is 8.42 Å². The monoisotopic (exact) mass is 463 g/mol. The van der Waals surface area contributed by atoms with Crippen LogP contribution in [-0.2, 0) is 28.3 Å². The quantitative estimate of drug-likeness (QED) is 0.612. The number of benzene rings is 1. The third kappa shape index (κ3) is 4.38. The molecule has 0 spiro atoms. The molecule has 0 saturated carbocycles. The molecule has 168 valence electrons. The Morgan fingerprint density at radius 1 is 1.13 bits per heavy atom. The Bertz CT molecular complexity index is 1070. The minimum absolute atomic E-state index is 0.00974. The third-order valence-corrected chi connectivity index (χ3v) is 8.81. The second-order valence-electron chi connectivity index (χ2n) is 8.39. The number of nitrogens with zero attached hydrogens (tertiary/aromatic N) is 5. The van der Waals surface area contributed by atoms with Gasteiger partial charge in [0.2, 0.25) is 15.9 Å². The molecule has 1 aromatic carbocycles. The van der Waals surface area contributed by atoms with Crippen molar-refractivity contribution in [3.8, 4) is 0 Å². The van der Waals surface area contributed by atoms with Crippen molar-refractivity contribution < 1.29 is 13.2 Å². The van der Waals surface area contributed by atoms with Crippen LogP contribution in [0.5, 0.6) is 0 Å². The lowest BCUT2D eigenvalue weighted by molar-refractivity contribution is -0.116. The molecule has 0 N–H and O–H groups in total. The minimum atomic E-state index is -3.47. The first-order valence-corrected chi connectivity index (χ1v) is 13.2. The van der Waals surface area contributed by atoms with Crippen molar-refractivity contribution in [3.63, 3.8) is 0 Å². The summed E-state index contributed by atoms with van der Waals surface area (Å²) >= 11 is 1.38. The molecule has 1 fully saturated rings. The van der Waals surface area contributed by atoms with Crippen molar-refractivity contribution in [2.75, 3.05) is 30.3 Å². The van der Waals surface area contributed by atoms with Gasteiger partial charge in [-0.2, -0.15) is 4.31 Å². The molecule has 2 aliphatic heterocycles. The Morgan fingerprint density at radius 2 is 1.87 bits per heavy atom. The zero-order valence-corrected chi connectivity index (χ0v) is 19.9. The largest absolute Gasteiger partial charge is 0.311 e. The molecule has 0 radical (unpaired) electrons. The van der Waals surface area contributed by atoms with E-state index in [9.17, 15) is 13.2 Å². The lowest BCUT2D eigenvalue weighted by atomic mass is 10.2. The Morgan fingerprint density at radius 3 is 2.55 bits per heavy atom. The number of rotatable bonds is 6. The number of amides is 1. The summed E-state index contributed by atoms with van der Waals surface area (Å²) in [5.41, 5.74) is 1.72. The zero-order chi connectivity index (χ0) is 22.2. The zero-order valence-electron chi connectivity index (χ0n) is 18.2. The van der Waals surface area contributed by atoms with Crippen LogP contribution in [0.25, 0.3) is 0 Å². The van der Waals surface area contributed by atoms with E-state index < -0.39 is 10.0 Å². The van der Waals surface area contributed by atoms with Crippen molar-refractivity contribution in [2.24, 2.45) is 7.05 Å². The number of thioether (sulfide) groups is 1.